The van der Waals surface area contributed by atoms with E-state index in [9.17, 15) is 22.8 Å². The number of rotatable bonds is 9. The van der Waals surface area contributed by atoms with Crippen LogP contribution >= 0.6 is 0 Å². The van der Waals surface area contributed by atoms with Crippen molar-refractivity contribution in [2.75, 3.05) is 18.0 Å². The number of carbonyl (C=O) groups excluding carboxylic acids is 3. The molecule has 46 heavy (non-hydrogen) atoms. The van der Waals surface area contributed by atoms with Crippen molar-refractivity contribution < 1.29 is 32.3 Å². The average Bonchev–Trinajstić information content (AvgIpc) is 3.93. The lowest BCUT2D eigenvalue weighted by atomic mass is 10.0. The normalized spacial score (nSPS) is 25.7. The molecule has 3 heterocycles. The molecule has 2 unspecified atom stereocenters. The van der Waals surface area contributed by atoms with Crippen LogP contribution in [0.3, 0.4) is 0 Å². The second kappa shape index (κ2) is 11.9. The molecule has 0 radical (unpaired) electrons. The second-order valence-corrected chi connectivity index (χ2v) is 15.4. The standard InChI is InChI=1S/C32H40N6O7S/c1-5-22-17-32(22,28(40)36-46(42,43)24-10-11-24)35-27(39)25-16-23(19-38(25)30(41)45-31(2,3)4)44-26-12-14-33-29(34-26)37-15-13-20-8-6-7-9-21(20)18-37/h5-9,12,14,22-25H,1,10-11,13,15-19H2,2-4H3,(H,35,39)(H,36,40)/t22?,23-,25+,32?/m1/s1. The second-order valence-electron chi connectivity index (χ2n) is 13.4. The molecule has 13 nitrogen and oxygen atoms in total. The summed E-state index contributed by atoms with van der Waals surface area (Å²) in [6.45, 7) is 10.4. The number of sulfonamides is 1. The minimum Gasteiger partial charge on any atom is -0.472 e. The van der Waals surface area contributed by atoms with Crippen LogP contribution in [-0.4, -0.2) is 82.8 Å². The fourth-order valence-electron chi connectivity index (χ4n) is 6.06. The third-order valence-corrected chi connectivity index (χ3v) is 10.6. The number of hydrogen-bond acceptors (Lipinski definition) is 10. The van der Waals surface area contributed by atoms with Gasteiger partial charge in [0.1, 0.15) is 23.3 Å². The highest BCUT2D eigenvalue weighted by molar-refractivity contribution is 7.91. The maximum Gasteiger partial charge on any atom is 0.411 e. The molecule has 1 aromatic carbocycles. The Hall–Kier alpha value is -4.20. The van der Waals surface area contributed by atoms with E-state index in [0.717, 1.165) is 13.0 Å². The van der Waals surface area contributed by atoms with Crippen LogP contribution in [0.2, 0.25) is 0 Å². The lowest BCUT2D eigenvalue weighted by Gasteiger charge is -2.29. The molecule has 4 atom stereocenters. The molecule has 3 fully saturated rings. The van der Waals surface area contributed by atoms with Crippen molar-refractivity contribution in [1.29, 1.82) is 0 Å². The molecule has 2 N–H and O–H groups in total. The molecule has 14 heteroatoms. The molecule has 2 aromatic rings. The van der Waals surface area contributed by atoms with Crippen molar-refractivity contribution in [2.24, 2.45) is 5.92 Å². The van der Waals surface area contributed by atoms with Crippen molar-refractivity contribution >= 4 is 33.9 Å². The molecule has 0 spiro atoms. The highest BCUT2D eigenvalue weighted by Gasteiger charge is 2.62. The topological polar surface area (TPSA) is 160 Å². The number of anilines is 1. The quantitative estimate of drug-likeness (QED) is 0.385. The monoisotopic (exact) mass is 652 g/mol. The lowest BCUT2D eigenvalue weighted by molar-refractivity contribution is -0.131. The van der Waals surface area contributed by atoms with Gasteiger partial charge < -0.3 is 19.7 Å². The van der Waals surface area contributed by atoms with Gasteiger partial charge in [-0.05, 0) is 57.6 Å². The molecule has 4 aliphatic rings. The van der Waals surface area contributed by atoms with E-state index in [1.54, 1.807) is 33.0 Å². The molecular formula is C32H40N6O7S. The van der Waals surface area contributed by atoms with Crippen LogP contribution in [0.25, 0.3) is 0 Å². The van der Waals surface area contributed by atoms with Gasteiger partial charge in [-0.25, -0.2) is 18.2 Å². The molecular weight excluding hydrogens is 612 g/mol. The molecule has 2 aliphatic carbocycles. The fraction of sp³-hybridized carbons (Fsp3) is 0.531. The van der Waals surface area contributed by atoms with Gasteiger partial charge in [-0.2, -0.15) is 4.98 Å². The largest absolute Gasteiger partial charge is 0.472 e. The first-order valence-corrected chi connectivity index (χ1v) is 17.1. The molecule has 2 aliphatic heterocycles. The number of likely N-dealkylation sites (tertiary alicyclic amines) is 1. The van der Waals surface area contributed by atoms with E-state index in [4.69, 9.17) is 9.47 Å². The third kappa shape index (κ3) is 6.67. The average molecular weight is 653 g/mol. The summed E-state index contributed by atoms with van der Waals surface area (Å²) in [7, 11) is -3.84. The number of ether oxygens (including phenoxy) is 2. The summed E-state index contributed by atoms with van der Waals surface area (Å²) < 4.78 is 39.0. The minimum absolute atomic E-state index is 0.0313. The van der Waals surface area contributed by atoms with Gasteiger partial charge >= 0.3 is 6.09 Å². The lowest BCUT2D eigenvalue weighted by Crippen LogP contribution is -2.56. The zero-order valence-corrected chi connectivity index (χ0v) is 27.1. The van der Waals surface area contributed by atoms with E-state index >= 15 is 0 Å². The predicted molar refractivity (Wildman–Crippen MR) is 168 cm³/mol. The van der Waals surface area contributed by atoms with Gasteiger partial charge in [0.15, 0.2) is 0 Å². The Morgan fingerprint density at radius 3 is 2.54 bits per heavy atom. The van der Waals surface area contributed by atoms with E-state index in [1.165, 1.54) is 22.1 Å². The van der Waals surface area contributed by atoms with Gasteiger partial charge in [0.2, 0.25) is 27.8 Å². The predicted octanol–water partition coefficient (Wildman–Crippen LogP) is 2.47. The fourth-order valence-corrected chi connectivity index (χ4v) is 7.42. The summed E-state index contributed by atoms with van der Waals surface area (Å²) in [6.07, 6.45) is 3.93. The first kappa shape index (κ1) is 31.8. The van der Waals surface area contributed by atoms with Crippen molar-refractivity contribution in [3.05, 3.63) is 60.3 Å². The van der Waals surface area contributed by atoms with Crippen molar-refractivity contribution in [2.45, 2.75) is 88.0 Å². The Kier molecular flexibility index (Phi) is 8.20. The molecule has 3 amide bonds. The SMILES string of the molecule is C=CC1CC1(NC(=O)[C@@H]1C[C@@H](Oc2ccnc(N3CCc4ccccc4C3)n2)CN1C(=O)OC(C)(C)C)C(=O)NS(=O)(=O)C1CC1. The third-order valence-electron chi connectivity index (χ3n) is 8.76. The van der Waals surface area contributed by atoms with Gasteiger partial charge in [0.05, 0.1) is 11.8 Å². The minimum atomic E-state index is -3.84. The first-order valence-electron chi connectivity index (χ1n) is 15.6. The molecule has 0 bridgehead atoms. The smallest absolute Gasteiger partial charge is 0.411 e. The van der Waals surface area contributed by atoms with Crippen LogP contribution < -0.4 is 19.7 Å². The summed E-state index contributed by atoms with van der Waals surface area (Å²) in [5.41, 5.74) is 0.216. The van der Waals surface area contributed by atoms with Gasteiger partial charge in [-0.15, -0.1) is 6.58 Å². The van der Waals surface area contributed by atoms with E-state index in [1.807, 2.05) is 12.1 Å². The molecule has 1 aromatic heterocycles. The van der Waals surface area contributed by atoms with Crippen LogP contribution in [0.15, 0.2) is 49.2 Å². The summed E-state index contributed by atoms with van der Waals surface area (Å²) in [4.78, 5) is 52.8. The summed E-state index contributed by atoms with van der Waals surface area (Å²) >= 11 is 0. The highest BCUT2D eigenvalue weighted by Crippen LogP contribution is 2.45. The van der Waals surface area contributed by atoms with Crippen molar-refractivity contribution in [3.8, 4) is 5.88 Å². The van der Waals surface area contributed by atoms with Gasteiger partial charge in [0, 0.05) is 37.7 Å². The number of benzene rings is 1. The maximum atomic E-state index is 13.8. The van der Waals surface area contributed by atoms with Crippen molar-refractivity contribution in [3.63, 3.8) is 0 Å². The zero-order chi connectivity index (χ0) is 32.9. The zero-order valence-electron chi connectivity index (χ0n) is 26.3. The number of amides is 3. The Morgan fingerprint density at radius 2 is 1.87 bits per heavy atom. The van der Waals surface area contributed by atoms with Crippen molar-refractivity contribution in [1.82, 2.24) is 24.9 Å². The van der Waals surface area contributed by atoms with Gasteiger partial charge in [-0.3, -0.25) is 19.2 Å². The van der Waals surface area contributed by atoms with E-state index < -0.39 is 62.4 Å². The van der Waals surface area contributed by atoms with Crippen LogP contribution in [-0.2, 0) is 37.3 Å². The van der Waals surface area contributed by atoms with Crippen LogP contribution in [0.4, 0.5) is 10.7 Å². The summed E-state index contributed by atoms with van der Waals surface area (Å²) in [5.74, 6) is -1.07. The van der Waals surface area contributed by atoms with Crippen LogP contribution in [0, 0.1) is 5.92 Å². The van der Waals surface area contributed by atoms with Gasteiger partial charge in [0.25, 0.3) is 5.91 Å². The Balaban J connectivity index is 1.18. The van der Waals surface area contributed by atoms with Gasteiger partial charge in [-0.1, -0.05) is 30.3 Å². The number of nitrogens with zero attached hydrogens (tertiary/aromatic N) is 4. The molecule has 2 saturated carbocycles. The molecule has 1 saturated heterocycles. The van der Waals surface area contributed by atoms with Crippen LogP contribution in [0.5, 0.6) is 5.88 Å². The van der Waals surface area contributed by atoms with E-state index in [-0.39, 0.29) is 19.4 Å². The number of fused-ring (bicyclic) bond motifs is 1. The number of aromatic nitrogens is 2. The molecule has 246 valence electrons. The Bertz CT molecular complexity index is 1660. The first-order chi connectivity index (χ1) is 21.8. The summed E-state index contributed by atoms with van der Waals surface area (Å²) in [6, 6.07) is 8.85. The van der Waals surface area contributed by atoms with E-state index in [0.29, 0.717) is 31.2 Å². The number of carbonyl (C=O) groups is 3. The summed E-state index contributed by atoms with van der Waals surface area (Å²) in [5, 5.41) is 2.16. The maximum absolute atomic E-state index is 13.8. The number of nitrogens with one attached hydrogen (secondary N) is 2. The molecule has 6 rings (SSSR count). The number of hydrogen-bond donors (Lipinski definition) is 2. The van der Waals surface area contributed by atoms with Crippen LogP contribution in [0.1, 0.15) is 57.6 Å². The highest BCUT2D eigenvalue weighted by atomic mass is 32.2. The Morgan fingerprint density at radius 1 is 1.13 bits per heavy atom. The Labute approximate surface area is 268 Å². The van der Waals surface area contributed by atoms with E-state index in [2.05, 4.69) is 43.6 Å².